The third-order valence-electron chi connectivity index (χ3n) is 5.04. The monoisotopic (exact) mass is 395 g/mol. The molecule has 1 saturated heterocycles. The summed E-state index contributed by atoms with van der Waals surface area (Å²) in [5.41, 5.74) is 2.98. The predicted octanol–water partition coefficient (Wildman–Crippen LogP) is 3.08. The van der Waals surface area contributed by atoms with Crippen LogP contribution in [0.3, 0.4) is 0 Å². The molecule has 2 aromatic rings. The van der Waals surface area contributed by atoms with Gasteiger partial charge in [-0.05, 0) is 35.6 Å². The molecule has 0 bridgehead atoms. The summed E-state index contributed by atoms with van der Waals surface area (Å²) in [5, 5.41) is 3.44. The van der Waals surface area contributed by atoms with Crippen LogP contribution in [0.2, 0.25) is 0 Å². The van der Waals surface area contributed by atoms with Crippen LogP contribution in [0.4, 0.5) is 4.79 Å². The summed E-state index contributed by atoms with van der Waals surface area (Å²) in [6, 6.07) is 15.7. The minimum atomic E-state index is -1.20. The van der Waals surface area contributed by atoms with E-state index in [4.69, 9.17) is 4.74 Å². The third-order valence-corrected chi connectivity index (χ3v) is 5.04. The van der Waals surface area contributed by atoms with Crippen LogP contribution in [0, 0.1) is 0 Å². The van der Waals surface area contributed by atoms with Gasteiger partial charge in [-0.15, -0.1) is 0 Å². The van der Waals surface area contributed by atoms with Crippen molar-refractivity contribution in [1.82, 2.24) is 15.8 Å². The van der Waals surface area contributed by atoms with Crippen molar-refractivity contribution in [1.29, 1.82) is 0 Å². The number of benzene rings is 2. The van der Waals surface area contributed by atoms with E-state index in [0.29, 0.717) is 23.7 Å². The molecule has 2 N–H and O–H groups in total. The summed E-state index contributed by atoms with van der Waals surface area (Å²) in [6.45, 7) is 5.67. The molecule has 0 spiro atoms. The lowest BCUT2D eigenvalue weighted by Gasteiger charge is -2.25. The Labute approximate surface area is 170 Å². The van der Waals surface area contributed by atoms with Crippen LogP contribution in [0.1, 0.15) is 44.2 Å². The number of hydrazine groups is 1. The molecular weight excluding hydrogens is 370 g/mol. The number of amides is 4. The molecule has 152 valence electrons. The molecule has 1 aliphatic rings. The molecule has 0 aromatic heterocycles. The molecule has 0 aliphatic carbocycles. The largest absolute Gasteiger partial charge is 0.484 e. The summed E-state index contributed by atoms with van der Waals surface area (Å²) < 4.78 is 5.46. The highest BCUT2D eigenvalue weighted by Crippen LogP contribution is 2.31. The lowest BCUT2D eigenvalue weighted by molar-refractivity contribution is -0.140. The summed E-state index contributed by atoms with van der Waals surface area (Å²) >= 11 is 0. The Morgan fingerprint density at radius 1 is 1.10 bits per heavy atom. The summed E-state index contributed by atoms with van der Waals surface area (Å²) in [4.78, 5) is 37.6. The normalized spacial score (nSPS) is 18.7. The molecule has 1 atom stereocenters. The lowest BCUT2D eigenvalue weighted by Crippen LogP contribution is -2.49. The van der Waals surface area contributed by atoms with E-state index in [0.717, 1.165) is 10.6 Å². The highest BCUT2D eigenvalue weighted by molar-refractivity contribution is 6.08. The molecule has 2 aromatic carbocycles. The van der Waals surface area contributed by atoms with Crippen LogP contribution < -0.4 is 15.5 Å². The molecule has 0 radical (unpaired) electrons. The molecule has 4 amide bonds. The fourth-order valence-electron chi connectivity index (χ4n) is 3.29. The van der Waals surface area contributed by atoms with Crippen LogP contribution in [-0.2, 0) is 15.1 Å². The molecule has 1 heterocycles. The highest BCUT2D eigenvalue weighted by atomic mass is 16.5. The van der Waals surface area contributed by atoms with Crippen LogP contribution in [0.5, 0.6) is 5.75 Å². The molecule has 7 heteroatoms. The number of nitrogens with one attached hydrogen (secondary N) is 2. The van der Waals surface area contributed by atoms with Gasteiger partial charge in [0.25, 0.3) is 11.8 Å². The Hall–Kier alpha value is -3.35. The first-order chi connectivity index (χ1) is 13.9. The first-order valence-electron chi connectivity index (χ1n) is 9.62. The fraction of sp³-hybridized carbons (Fsp3) is 0.318. The molecular formula is C22H25N3O4. The smallest absolute Gasteiger partial charge is 0.344 e. The van der Waals surface area contributed by atoms with Gasteiger partial charge < -0.3 is 10.1 Å². The third kappa shape index (κ3) is 4.08. The number of urea groups is 1. The summed E-state index contributed by atoms with van der Waals surface area (Å²) in [5.74, 6) is -0.184. The number of hydrogen-bond acceptors (Lipinski definition) is 4. The van der Waals surface area contributed by atoms with Crippen LogP contribution >= 0.6 is 0 Å². The minimum Gasteiger partial charge on any atom is -0.484 e. The number of carbonyl (C=O) groups is 3. The van der Waals surface area contributed by atoms with E-state index in [9.17, 15) is 14.4 Å². The second kappa shape index (κ2) is 8.34. The maximum atomic E-state index is 13.0. The van der Waals surface area contributed by atoms with E-state index in [1.54, 1.807) is 43.3 Å². The molecule has 0 unspecified atom stereocenters. The first-order valence-corrected chi connectivity index (χ1v) is 9.62. The zero-order valence-electron chi connectivity index (χ0n) is 16.8. The Kier molecular flexibility index (Phi) is 5.87. The van der Waals surface area contributed by atoms with Gasteiger partial charge in [-0.25, -0.2) is 4.79 Å². The van der Waals surface area contributed by atoms with Crippen LogP contribution in [-0.4, -0.2) is 29.5 Å². The Morgan fingerprint density at radius 3 is 2.34 bits per heavy atom. The molecule has 7 nitrogen and oxygen atoms in total. The predicted molar refractivity (Wildman–Crippen MR) is 108 cm³/mol. The zero-order chi connectivity index (χ0) is 21.0. The van der Waals surface area contributed by atoms with Crippen molar-refractivity contribution in [2.24, 2.45) is 0 Å². The second-order valence-corrected chi connectivity index (χ2v) is 7.24. The van der Waals surface area contributed by atoms with Crippen molar-refractivity contribution in [3.8, 4) is 5.75 Å². The van der Waals surface area contributed by atoms with Gasteiger partial charge in [0.2, 0.25) is 0 Å². The standard InChI is InChI=1S/C22H25N3O4/c1-4-22(17-8-6-5-7-9-17)20(27)25(21(28)23-22)24-19(26)14-29-18-12-10-16(11-13-18)15(2)3/h5-13,15H,4,14H2,1-3H3,(H,23,28)(H,24,26)/t22-/m0/s1. The fourth-order valence-corrected chi connectivity index (χ4v) is 3.29. The van der Waals surface area contributed by atoms with Gasteiger partial charge in [0.05, 0.1) is 0 Å². The van der Waals surface area contributed by atoms with Crippen molar-refractivity contribution in [2.45, 2.75) is 38.6 Å². The average Bonchev–Trinajstić information content (AvgIpc) is 2.98. The molecule has 3 rings (SSSR count). The number of imide groups is 1. The van der Waals surface area contributed by atoms with Gasteiger partial charge >= 0.3 is 6.03 Å². The van der Waals surface area contributed by atoms with Crippen molar-refractivity contribution >= 4 is 17.8 Å². The van der Waals surface area contributed by atoms with Gasteiger partial charge in [-0.2, -0.15) is 5.01 Å². The number of carbonyl (C=O) groups excluding carboxylic acids is 3. The highest BCUT2D eigenvalue weighted by Gasteiger charge is 2.52. The number of rotatable bonds is 7. The van der Waals surface area contributed by atoms with Crippen molar-refractivity contribution in [2.75, 3.05) is 6.61 Å². The van der Waals surface area contributed by atoms with E-state index in [1.165, 1.54) is 0 Å². The van der Waals surface area contributed by atoms with Crippen molar-refractivity contribution in [3.05, 3.63) is 65.7 Å². The van der Waals surface area contributed by atoms with Gasteiger partial charge in [-0.1, -0.05) is 63.2 Å². The van der Waals surface area contributed by atoms with Crippen LogP contribution in [0.25, 0.3) is 0 Å². The van der Waals surface area contributed by atoms with E-state index >= 15 is 0 Å². The van der Waals surface area contributed by atoms with Crippen molar-refractivity contribution < 1.29 is 19.1 Å². The SMILES string of the molecule is CC[C@@]1(c2ccccc2)NC(=O)N(NC(=O)COc2ccc(C(C)C)cc2)C1=O. The summed E-state index contributed by atoms with van der Waals surface area (Å²) in [6.07, 6.45) is 0.354. The number of hydrogen-bond donors (Lipinski definition) is 2. The van der Waals surface area contributed by atoms with E-state index in [-0.39, 0.29) is 6.61 Å². The van der Waals surface area contributed by atoms with E-state index < -0.39 is 23.4 Å². The van der Waals surface area contributed by atoms with Gasteiger partial charge in [-0.3, -0.25) is 15.0 Å². The quantitative estimate of drug-likeness (QED) is 0.706. The van der Waals surface area contributed by atoms with Crippen LogP contribution in [0.15, 0.2) is 54.6 Å². The van der Waals surface area contributed by atoms with E-state index in [1.807, 2.05) is 18.2 Å². The summed E-state index contributed by atoms with van der Waals surface area (Å²) in [7, 11) is 0. The maximum Gasteiger partial charge on any atom is 0.344 e. The van der Waals surface area contributed by atoms with Gasteiger partial charge in [0, 0.05) is 0 Å². The Balaban J connectivity index is 1.64. The minimum absolute atomic E-state index is 0.317. The Morgan fingerprint density at radius 2 is 1.76 bits per heavy atom. The number of ether oxygens (including phenoxy) is 1. The average molecular weight is 395 g/mol. The maximum absolute atomic E-state index is 13.0. The zero-order valence-corrected chi connectivity index (χ0v) is 16.8. The second-order valence-electron chi connectivity index (χ2n) is 7.24. The topological polar surface area (TPSA) is 87.7 Å². The molecule has 1 aliphatic heterocycles. The molecule has 0 saturated carbocycles. The van der Waals surface area contributed by atoms with Gasteiger partial charge in [0.15, 0.2) is 6.61 Å². The molecule has 1 fully saturated rings. The van der Waals surface area contributed by atoms with Gasteiger partial charge in [0.1, 0.15) is 11.3 Å². The first kappa shape index (κ1) is 20.4. The molecule has 29 heavy (non-hydrogen) atoms. The lowest BCUT2D eigenvalue weighted by atomic mass is 9.87. The van der Waals surface area contributed by atoms with E-state index in [2.05, 4.69) is 24.6 Å². The Bertz CT molecular complexity index is 896. The van der Waals surface area contributed by atoms with Crippen molar-refractivity contribution in [3.63, 3.8) is 0 Å². The number of nitrogens with zero attached hydrogens (tertiary/aromatic N) is 1.